The molecule has 1 rings (SSSR count). The molecule has 1 N–H and O–H groups in total. The molecule has 0 aromatic carbocycles. The Morgan fingerprint density at radius 1 is 1.53 bits per heavy atom. The topological polar surface area (TPSA) is 63.1 Å². The molecule has 1 heterocycles. The van der Waals surface area contributed by atoms with Gasteiger partial charge in [-0.3, -0.25) is 0 Å². The first-order valence-electron chi connectivity index (χ1n) is 4.58. The molecule has 0 saturated carbocycles. The summed E-state index contributed by atoms with van der Waals surface area (Å²) in [5.74, 6) is 0.180. The number of aromatic nitrogens is 2. The SMILES string of the molecule is CC(C)(C)SCc1nccc(C(=O)O)n1. The maximum Gasteiger partial charge on any atom is 0.354 e. The molecule has 1 aromatic heterocycles. The van der Waals surface area contributed by atoms with E-state index in [0.717, 1.165) is 0 Å². The Kier molecular flexibility index (Phi) is 3.68. The molecule has 0 radical (unpaired) electrons. The van der Waals surface area contributed by atoms with Crippen molar-refractivity contribution in [2.24, 2.45) is 0 Å². The van der Waals surface area contributed by atoms with Crippen LogP contribution in [0.5, 0.6) is 0 Å². The van der Waals surface area contributed by atoms with E-state index < -0.39 is 5.97 Å². The summed E-state index contributed by atoms with van der Waals surface area (Å²) in [5, 5.41) is 8.74. The Balaban J connectivity index is 2.70. The highest BCUT2D eigenvalue weighted by molar-refractivity contribution is 7.99. The number of aromatic carboxylic acids is 1. The average Bonchev–Trinajstić information content (AvgIpc) is 2.14. The highest BCUT2D eigenvalue weighted by atomic mass is 32.2. The fourth-order valence-electron chi connectivity index (χ4n) is 0.869. The number of carboxylic acids is 1. The quantitative estimate of drug-likeness (QED) is 0.856. The van der Waals surface area contributed by atoms with Gasteiger partial charge in [0.15, 0.2) is 5.69 Å². The van der Waals surface area contributed by atoms with Gasteiger partial charge in [0.25, 0.3) is 0 Å². The maximum atomic E-state index is 10.7. The van der Waals surface area contributed by atoms with E-state index in [-0.39, 0.29) is 10.4 Å². The van der Waals surface area contributed by atoms with Crippen LogP contribution in [0.1, 0.15) is 37.1 Å². The third-order valence-corrected chi connectivity index (χ3v) is 2.83. The lowest BCUT2D eigenvalue weighted by molar-refractivity contribution is 0.0690. The van der Waals surface area contributed by atoms with Crippen molar-refractivity contribution in [3.05, 3.63) is 23.8 Å². The highest BCUT2D eigenvalue weighted by Crippen LogP contribution is 2.25. The standard InChI is InChI=1S/C10H14N2O2S/c1-10(2,3)15-6-8-11-5-4-7(12-8)9(13)14/h4-5H,6H2,1-3H3,(H,13,14). The Labute approximate surface area is 93.1 Å². The van der Waals surface area contributed by atoms with Crippen molar-refractivity contribution < 1.29 is 9.90 Å². The first-order valence-corrected chi connectivity index (χ1v) is 5.56. The molecular formula is C10H14N2O2S. The van der Waals surface area contributed by atoms with Crippen LogP contribution in [0.3, 0.4) is 0 Å². The van der Waals surface area contributed by atoms with Crippen LogP contribution in [-0.4, -0.2) is 25.8 Å². The Hall–Kier alpha value is -1.10. The summed E-state index contributed by atoms with van der Waals surface area (Å²) in [7, 11) is 0. The lowest BCUT2D eigenvalue weighted by atomic mass is 10.3. The first-order chi connectivity index (χ1) is 6.88. The number of thioether (sulfide) groups is 1. The molecule has 0 aliphatic carbocycles. The summed E-state index contributed by atoms with van der Waals surface area (Å²) >= 11 is 1.69. The number of nitrogens with zero attached hydrogens (tertiary/aromatic N) is 2. The summed E-state index contributed by atoms with van der Waals surface area (Å²) in [5.41, 5.74) is 0.0505. The molecule has 0 saturated heterocycles. The van der Waals surface area contributed by atoms with Crippen LogP contribution in [0.15, 0.2) is 12.3 Å². The van der Waals surface area contributed by atoms with Crippen molar-refractivity contribution in [3.63, 3.8) is 0 Å². The van der Waals surface area contributed by atoms with E-state index in [1.54, 1.807) is 11.8 Å². The normalized spacial score (nSPS) is 11.4. The van der Waals surface area contributed by atoms with Gasteiger partial charge in [0.1, 0.15) is 5.82 Å². The Bertz CT molecular complexity index is 361. The molecule has 0 fully saturated rings. The van der Waals surface area contributed by atoms with Gasteiger partial charge in [0, 0.05) is 10.9 Å². The fourth-order valence-corrected chi connectivity index (χ4v) is 1.57. The minimum absolute atomic E-state index is 0.0505. The number of hydrogen-bond donors (Lipinski definition) is 1. The van der Waals surface area contributed by atoms with Crippen LogP contribution in [-0.2, 0) is 5.75 Å². The van der Waals surface area contributed by atoms with Gasteiger partial charge in [0.05, 0.1) is 5.75 Å². The van der Waals surface area contributed by atoms with E-state index in [1.165, 1.54) is 12.3 Å². The van der Waals surface area contributed by atoms with Crippen LogP contribution in [0.25, 0.3) is 0 Å². The first kappa shape index (κ1) is 12.0. The molecule has 4 nitrogen and oxygen atoms in total. The summed E-state index contributed by atoms with van der Waals surface area (Å²) in [6.45, 7) is 6.29. The Morgan fingerprint density at radius 3 is 2.73 bits per heavy atom. The monoisotopic (exact) mass is 226 g/mol. The highest BCUT2D eigenvalue weighted by Gasteiger charge is 2.12. The van der Waals surface area contributed by atoms with Gasteiger partial charge in [0.2, 0.25) is 0 Å². The van der Waals surface area contributed by atoms with Crippen molar-refractivity contribution in [3.8, 4) is 0 Å². The molecule has 0 atom stereocenters. The van der Waals surface area contributed by atoms with Gasteiger partial charge >= 0.3 is 5.97 Å². The van der Waals surface area contributed by atoms with Crippen molar-refractivity contribution in [2.75, 3.05) is 0 Å². The summed E-state index contributed by atoms with van der Waals surface area (Å²) in [6, 6.07) is 1.40. The van der Waals surface area contributed by atoms with E-state index in [9.17, 15) is 4.79 Å². The molecule has 0 amide bonds. The van der Waals surface area contributed by atoms with Crippen molar-refractivity contribution in [1.29, 1.82) is 0 Å². The lowest BCUT2D eigenvalue weighted by Gasteiger charge is -2.16. The van der Waals surface area contributed by atoms with Crippen molar-refractivity contribution in [1.82, 2.24) is 9.97 Å². The minimum atomic E-state index is -1.01. The molecule has 0 bridgehead atoms. The second-order valence-corrected chi connectivity index (χ2v) is 5.87. The van der Waals surface area contributed by atoms with Crippen molar-refractivity contribution in [2.45, 2.75) is 31.3 Å². The second-order valence-electron chi connectivity index (χ2n) is 4.06. The summed E-state index contributed by atoms with van der Waals surface area (Å²) < 4.78 is 0.128. The Morgan fingerprint density at radius 2 is 2.20 bits per heavy atom. The van der Waals surface area contributed by atoms with Gasteiger partial charge in [-0.2, -0.15) is 0 Å². The van der Waals surface area contributed by atoms with Gasteiger partial charge < -0.3 is 5.11 Å². The number of rotatable bonds is 3. The zero-order valence-corrected chi connectivity index (χ0v) is 9.84. The predicted molar refractivity (Wildman–Crippen MR) is 60.0 cm³/mol. The molecule has 0 spiro atoms. The fraction of sp³-hybridized carbons (Fsp3) is 0.500. The van der Waals surface area contributed by atoms with Crippen LogP contribution in [0, 0.1) is 0 Å². The third-order valence-electron chi connectivity index (χ3n) is 1.56. The van der Waals surface area contributed by atoms with E-state index in [2.05, 4.69) is 30.7 Å². The van der Waals surface area contributed by atoms with Gasteiger partial charge in [-0.1, -0.05) is 20.8 Å². The summed E-state index contributed by atoms with van der Waals surface area (Å²) in [4.78, 5) is 18.6. The molecule has 0 unspecified atom stereocenters. The van der Waals surface area contributed by atoms with Crippen LogP contribution >= 0.6 is 11.8 Å². The van der Waals surface area contributed by atoms with Gasteiger partial charge in [-0.25, -0.2) is 14.8 Å². The average molecular weight is 226 g/mol. The zero-order valence-electron chi connectivity index (χ0n) is 9.02. The van der Waals surface area contributed by atoms with E-state index >= 15 is 0 Å². The van der Waals surface area contributed by atoms with Gasteiger partial charge in [-0.05, 0) is 6.07 Å². The maximum absolute atomic E-state index is 10.7. The van der Waals surface area contributed by atoms with Crippen LogP contribution in [0.4, 0.5) is 0 Å². The molecule has 15 heavy (non-hydrogen) atoms. The van der Waals surface area contributed by atoms with Crippen LogP contribution in [0.2, 0.25) is 0 Å². The smallest absolute Gasteiger partial charge is 0.354 e. The van der Waals surface area contributed by atoms with E-state index in [1.807, 2.05) is 0 Å². The van der Waals surface area contributed by atoms with E-state index in [0.29, 0.717) is 11.6 Å². The molecule has 0 aliphatic rings. The molecule has 1 aromatic rings. The molecule has 5 heteroatoms. The van der Waals surface area contributed by atoms with Crippen LogP contribution < -0.4 is 0 Å². The van der Waals surface area contributed by atoms with Gasteiger partial charge in [-0.15, -0.1) is 11.8 Å². The summed E-state index contributed by atoms with van der Waals surface area (Å²) in [6.07, 6.45) is 1.48. The predicted octanol–water partition coefficient (Wildman–Crippen LogP) is 2.21. The minimum Gasteiger partial charge on any atom is -0.477 e. The lowest BCUT2D eigenvalue weighted by Crippen LogP contribution is -2.10. The molecular weight excluding hydrogens is 212 g/mol. The number of carbonyl (C=O) groups is 1. The van der Waals surface area contributed by atoms with Crippen molar-refractivity contribution >= 4 is 17.7 Å². The second kappa shape index (κ2) is 4.61. The third kappa shape index (κ3) is 4.29. The van der Waals surface area contributed by atoms with E-state index in [4.69, 9.17) is 5.11 Å². The molecule has 0 aliphatic heterocycles. The largest absolute Gasteiger partial charge is 0.477 e. The zero-order chi connectivity index (χ0) is 11.5. The number of hydrogen-bond acceptors (Lipinski definition) is 4. The molecule has 82 valence electrons. The number of carboxylic acid groups (broad SMARTS) is 1.